The fourth-order valence-electron chi connectivity index (χ4n) is 2.23. The van der Waals surface area contributed by atoms with Crippen LogP contribution in [0.1, 0.15) is 19.6 Å². The topological polar surface area (TPSA) is 132 Å². The fourth-order valence-corrected chi connectivity index (χ4v) is 2.23. The first-order valence-corrected chi connectivity index (χ1v) is 7.35. The van der Waals surface area contributed by atoms with Crippen LogP contribution in [0, 0.1) is 0 Å². The van der Waals surface area contributed by atoms with E-state index < -0.39 is 36.1 Å². The third-order valence-electron chi connectivity index (χ3n) is 3.48. The van der Waals surface area contributed by atoms with E-state index in [0.717, 1.165) is 12.3 Å². The Balaban J connectivity index is 2.10. The number of aliphatic hydroxyl groups is 1. The molecule has 0 saturated carbocycles. The highest BCUT2D eigenvalue weighted by molar-refractivity contribution is 5.73. The van der Waals surface area contributed by atoms with E-state index in [-0.39, 0.29) is 12.4 Å². The SMILES string of the molecule is CCCNC(=O)NC[C@H]1OC(n2ccc(N)nc2=O)C(F)(F)[C@@H]1O. The highest BCUT2D eigenvalue weighted by Crippen LogP contribution is 2.41. The number of ether oxygens (including phenoxy) is 1. The van der Waals surface area contributed by atoms with Crippen LogP contribution < -0.4 is 22.1 Å². The zero-order valence-electron chi connectivity index (χ0n) is 12.9. The molecule has 5 N–H and O–H groups in total. The molecule has 9 nitrogen and oxygen atoms in total. The molecule has 0 aromatic carbocycles. The molecule has 0 bridgehead atoms. The molecule has 1 aromatic rings. The number of nitrogen functional groups attached to an aromatic ring is 1. The smallest absolute Gasteiger partial charge is 0.351 e. The molecule has 1 fully saturated rings. The van der Waals surface area contributed by atoms with E-state index in [2.05, 4.69) is 15.6 Å². The van der Waals surface area contributed by atoms with Gasteiger partial charge in [0.1, 0.15) is 11.9 Å². The second-order valence-electron chi connectivity index (χ2n) is 5.33. The number of hydrogen-bond donors (Lipinski definition) is 4. The highest BCUT2D eigenvalue weighted by atomic mass is 19.3. The Morgan fingerprint density at radius 2 is 2.25 bits per heavy atom. The Morgan fingerprint density at radius 3 is 2.88 bits per heavy atom. The van der Waals surface area contributed by atoms with Crippen LogP contribution in [0.5, 0.6) is 0 Å². The van der Waals surface area contributed by atoms with Crippen LogP contribution in [-0.2, 0) is 4.74 Å². The quantitative estimate of drug-likeness (QED) is 0.564. The molecular weight excluding hydrogens is 328 g/mol. The molecule has 24 heavy (non-hydrogen) atoms. The number of halogens is 2. The van der Waals surface area contributed by atoms with Gasteiger partial charge in [-0.1, -0.05) is 6.92 Å². The molecule has 1 unspecified atom stereocenters. The molecule has 1 aliphatic rings. The van der Waals surface area contributed by atoms with Crippen molar-refractivity contribution in [2.45, 2.75) is 37.7 Å². The molecule has 2 heterocycles. The summed E-state index contributed by atoms with van der Waals surface area (Å²) in [5.74, 6) is -3.86. The lowest BCUT2D eigenvalue weighted by atomic mass is 10.1. The number of carbonyl (C=O) groups is 1. The third kappa shape index (κ3) is 3.62. The van der Waals surface area contributed by atoms with Crippen molar-refractivity contribution in [2.75, 3.05) is 18.8 Å². The molecular formula is C13H19F2N5O4. The number of aliphatic hydroxyl groups excluding tert-OH is 1. The van der Waals surface area contributed by atoms with E-state index in [9.17, 15) is 23.5 Å². The molecule has 0 spiro atoms. The van der Waals surface area contributed by atoms with Crippen molar-refractivity contribution in [1.29, 1.82) is 0 Å². The van der Waals surface area contributed by atoms with Crippen LogP contribution in [0.4, 0.5) is 19.4 Å². The highest BCUT2D eigenvalue weighted by Gasteiger charge is 2.59. The number of nitrogens with zero attached hydrogens (tertiary/aromatic N) is 2. The summed E-state index contributed by atoms with van der Waals surface area (Å²) in [6, 6.07) is 0.600. The molecule has 134 valence electrons. The summed E-state index contributed by atoms with van der Waals surface area (Å²) in [6.07, 6.45) is -3.90. The summed E-state index contributed by atoms with van der Waals surface area (Å²) in [6.45, 7) is 1.93. The Morgan fingerprint density at radius 1 is 1.54 bits per heavy atom. The number of hydrogen-bond acceptors (Lipinski definition) is 6. The van der Waals surface area contributed by atoms with Gasteiger partial charge in [-0.15, -0.1) is 0 Å². The third-order valence-corrected chi connectivity index (χ3v) is 3.48. The van der Waals surface area contributed by atoms with Crippen molar-refractivity contribution < 1.29 is 23.4 Å². The zero-order valence-corrected chi connectivity index (χ0v) is 12.9. The first-order chi connectivity index (χ1) is 11.3. The molecule has 2 rings (SSSR count). The maximum Gasteiger partial charge on any atom is 0.351 e. The van der Waals surface area contributed by atoms with Gasteiger partial charge in [-0.3, -0.25) is 4.57 Å². The van der Waals surface area contributed by atoms with Gasteiger partial charge in [-0.2, -0.15) is 13.8 Å². The van der Waals surface area contributed by atoms with Crippen LogP contribution in [-0.4, -0.2) is 51.9 Å². The lowest BCUT2D eigenvalue weighted by Crippen LogP contribution is -2.45. The van der Waals surface area contributed by atoms with Gasteiger partial charge >= 0.3 is 17.6 Å². The van der Waals surface area contributed by atoms with Crippen LogP contribution >= 0.6 is 0 Å². The van der Waals surface area contributed by atoms with Crippen molar-refractivity contribution in [3.63, 3.8) is 0 Å². The number of anilines is 1. The van der Waals surface area contributed by atoms with E-state index >= 15 is 0 Å². The van der Waals surface area contributed by atoms with Crippen molar-refractivity contribution in [3.05, 3.63) is 22.7 Å². The summed E-state index contributed by atoms with van der Waals surface area (Å²) in [5.41, 5.74) is 4.29. The molecule has 1 aliphatic heterocycles. The van der Waals surface area contributed by atoms with E-state index in [1.54, 1.807) is 0 Å². The lowest BCUT2D eigenvalue weighted by Gasteiger charge is -2.20. The maximum absolute atomic E-state index is 14.2. The molecule has 3 atom stereocenters. The van der Waals surface area contributed by atoms with Crippen LogP contribution in [0.25, 0.3) is 0 Å². The first-order valence-electron chi connectivity index (χ1n) is 7.35. The van der Waals surface area contributed by atoms with Gasteiger partial charge in [-0.25, -0.2) is 9.59 Å². The number of rotatable bonds is 5. The average molecular weight is 347 g/mol. The number of aromatic nitrogens is 2. The number of carbonyl (C=O) groups excluding carboxylic acids is 1. The van der Waals surface area contributed by atoms with Gasteiger partial charge in [-0.05, 0) is 12.5 Å². The van der Waals surface area contributed by atoms with E-state index in [1.165, 1.54) is 0 Å². The minimum Gasteiger partial charge on any atom is -0.384 e. The zero-order chi connectivity index (χ0) is 17.9. The van der Waals surface area contributed by atoms with Gasteiger partial charge in [0.25, 0.3) is 0 Å². The van der Waals surface area contributed by atoms with Crippen LogP contribution in [0.3, 0.4) is 0 Å². The van der Waals surface area contributed by atoms with E-state index in [0.29, 0.717) is 17.5 Å². The van der Waals surface area contributed by atoms with Gasteiger partial charge in [0.05, 0.1) is 0 Å². The van der Waals surface area contributed by atoms with Crippen molar-refractivity contribution in [1.82, 2.24) is 20.2 Å². The Labute approximate surface area is 135 Å². The van der Waals surface area contributed by atoms with Gasteiger partial charge in [0.15, 0.2) is 6.10 Å². The summed E-state index contributed by atoms with van der Waals surface area (Å²) >= 11 is 0. The number of amides is 2. The van der Waals surface area contributed by atoms with Crippen molar-refractivity contribution >= 4 is 11.8 Å². The van der Waals surface area contributed by atoms with Gasteiger partial charge < -0.3 is 26.2 Å². The van der Waals surface area contributed by atoms with E-state index in [4.69, 9.17) is 10.5 Å². The van der Waals surface area contributed by atoms with Crippen LogP contribution in [0.2, 0.25) is 0 Å². The number of alkyl halides is 2. The Hall–Kier alpha value is -2.27. The van der Waals surface area contributed by atoms with Crippen molar-refractivity contribution in [2.24, 2.45) is 0 Å². The summed E-state index contributed by atoms with van der Waals surface area (Å²) in [5, 5.41) is 14.6. The fraction of sp³-hybridized carbons (Fsp3) is 0.615. The maximum atomic E-state index is 14.2. The van der Waals surface area contributed by atoms with E-state index in [1.807, 2.05) is 6.92 Å². The summed E-state index contributed by atoms with van der Waals surface area (Å²) in [4.78, 5) is 26.5. The van der Waals surface area contributed by atoms with Gasteiger partial charge in [0, 0.05) is 19.3 Å². The number of nitrogens with one attached hydrogen (secondary N) is 2. The summed E-state index contributed by atoms with van der Waals surface area (Å²) < 4.78 is 34.1. The second kappa shape index (κ2) is 7.09. The lowest BCUT2D eigenvalue weighted by molar-refractivity contribution is -0.140. The average Bonchev–Trinajstić information content (AvgIpc) is 2.74. The first kappa shape index (κ1) is 18.1. The molecule has 0 aliphatic carbocycles. The second-order valence-corrected chi connectivity index (χ2v) is 5.33. The van der Waals surface area contributed by atoms with Crippen LogP contribution in [0.15, 0.2) is 17.1 Å². The normalized spacial score (nSPS) is 25.4. The number of nitrogens with two attached hydrogens (primary N) is 1. The van der Waals surface area contributed by atoms with Gasteiger partial charge in [0.2, 0.25) is 6.23 Å². The predicted molar refractivity (Wildman–Crippen MR) is 79.5 cm³/mol. The Bertz CT molecular complexity index is 653. The standard InChI is InChI=1S/C13H19F2N5O4/c1-2-4-17-11(22)18-6-7-9(21)13(14,15)10(24-7)20-5-3-8(16)19-12(20)23/h3,5,7,9-10,21H,2,4,6H2,1H3,(H2,16,19,23)(H2,17,18,22)/t7-,9-,10?/m1/s1. The molecule has 1 aromatic heterocycles. The minimum atomic E-state index is -3.74. The largest absolute Gasteiger partial charge is 0.384 e. The summed E-state index contributed by atoms with van der Waals surface area (Å²) in [7, 11) is 0. The molecule has 11 heteroatoms. The monoisotopic (exact) mass is 347 g/mol. The molecule has 0 radical (unpaired) electrons. The van der Waals surface area contributed by atoms with Crippen molar-refractivity contribution in [3.8, 4) is 0 Å². The molecule has 1 saturated heterocycles. The minimum absolute atomic E-state index is 0.121. The Kier molecular flexibility index (Phi) is 5.34. The predicted octanol–water partition coefficient (Wildman–Crippen LogP) is -0.572. The number of urea groups is 1. The molecule has 2 amide bonds.